The second-order valence-electron chi connectivity index (χ2n) is 10.4. The van der Waals surface area contributed by atoms with E-state index in [1.165, 1.54) is 12.8 Å². The third-order valence-corrected chi connectivity index (χ3v) is 7.31. The summed E-state index contributed by atoms with van der Waals surface area (Å²) in [5.41, 5.74) is 5.05. The SMILES string of the molecule is CCOc1cc(C(=O)N2CCOCC2)ccc1Nc1nc2ccc(-c3ccc(CC(=O)CC4CC4)cc3)cn2n1. The molecule has 2 aliphatic rings. The summed E-state index contributed by atoms with van der Waals surface area (Å²) >= 11 is 0. The molecule has 2 fully saturated rings. The van der Waals surface area contributed by atoms with Crippen LogP contribution in [0.5, 0.6) is 5.75 Å². The van der Waals surface area contributed by atoms with Gasteiger partial charge in [-0.05, 0) is 67.1 Å². The molecule has 3 heterocycles. The van der Waals surface area contributed by atoms with Crippen molar-refractivity contribution in [3.63, 3.8) is 0 Å². The van der Waals surface area contributed by atoms with Crippen molar-refractivity contribution >= 4 is 29.0 Å². The molecular formula is C31H33N5O4. The van der Waals surface area contributed by atoms with Crippen LogP contribution in [0.3, 0.4) is 0 Å². The van der Waals surface area contributed by atoms with Crippen LogP contribution in [0.15, 0.2) is 60.8 Å². The molecule has 2 aromatic carbocycles. The number of morpholine rings is 1. The van der Waals surface area contributed by atoms with E-state index in [2.05, 4.69) is 15.4 Å². The van der Waals surface area contributed by atoms with E-state index in [1.807, 2.05) is 55.6 Å². The summed E-state index contributed by atoms with van der Waals surface area (Å²) in [4.78, 5) is 31.6. The number of pyridine rings is 1. The minimum atomic E-state index is -0.0351. The summed E-state index contributed by atoms with van der Waals surface area (Å²) in [5, 5.41) is 7.87. The van der Waals surface area contributed by atoms with Gasteiger partial charge in [-0.25, -0.2) is 4.52 Å². The quantitative estimate of drug-likeness (QED) is 0.305. The Kier molecular flexibility index (Phi) is 7.46. The molecular weight excluding hydrogens is 506 g/mol. The molecule has 0 bridgehead atoms. The number of benzene rings is 2. The van der Waals surface area contributed by atoms with Crippen molar-refractivity contribution in [3.8, 4) is 16.9 Å². The first-order chi connectivity index (χ1) is 19.6. The summed E-state index contributed by atoms with van der Waals surface area (Å²) in [5.74, 6) is 1.90. The maximum absolute atomic E-state index is 12.9. The monoisotopic (exact) mass is 539 g/mol. The summed E-state index contributed by atoms with van der Waals surface area (Å²) in [6, 6.07) is 17.5. The van der Waals surface area contributed by atoms with Crippen molar-refractivity contribution in [2.45, 2.75) is 32.6 Å². The lowest BCUT2D eigenvalue weighted by molar-refractivity contribution is -0.118. The maximum atomic E-state index is 12.9. The molecule has 1 amide bonds. The fourth-order valence-electron chi connectivity index (χ4n) is 4.97. The summed E-state index contributed by atoms with van der Waals surface area (Å²) in [7, 11) is 0. The third kappa shape index (κ3) is 5.99. The molecule has 1 N–H and O–H groups in total. The molecule has 206 valence electrons. The van der Waals surface area contributed by atoms with E-state index in [4.69, 9.17) is 9.47 Å². The van der Waals surface area contributed by atoms with Gasteiger partial charge in [0.2, 0.25) is 5.95 Å². The Bertz CT molecular complexity index is 1520. The van der Waals surface area contributed by atoms with E-state index in [0.29, 0.717) is 86.0 Å². The molecule has 1 saturated carbocycles. The predicted molar refractivity (Wildman–Crippen MR) is 152 cm³/mol. The van der Waals surface area contributed by atoms with Gasteiger partial charge in [0, 0.05) is 43.3 Å². The number of hydrogen-bond donors (Lipinski definition) is 1. The molecule has 0 unspecified atom stereocenters. The van der Waals surface area contributed by atoms with E-state index in [0.717, 1.165) is 16.7 Å². The second-order valence-corrected chi connectivity index (χ2v) is 10.4. The van der Waals surface area contributed by atoms with Crippen molar-refractivity contribution in [3.05, 3.63) is 71.9 Å². The Balaban J connectivity index is 1.17. The van der Waals surface area contributed by atoms with Crippen LogP contribution in [0.25, 0.3) is 16.8 Å². The van der Waals surface area contributed by atoms with Crippen molar-refractivity contribution in [1.29, 1.82) is 0 Å². The average Bonchev–Trinajstić information content (AvgIpc) is 3.70. The van der Waals surface area contributed by atoms with Crippen LogP contribution in [0.1, 0.15) is 42.1 Å². The van der Waals surface area contributed by atoms with Gasteiger partial charge in [0.05, 0.1) is 25.5 Å². The van der Waals surface area contributed by atoms with E-state index in [9.17, 15) is 9.59 Å². The van der Waals surface area contributed by atoms with Crippen LogP contribution in [-0.4, -0.2) is 64.1 Å². The van der Waals surface area contributed by atoms with Gasteiger partial charge >= 0.3 is 0 Å². The van der Waals surface area contributed by atoms with Gasteiger partial charge in [-0.15, -0.1) is 5.10 Å². The molecule has 6 rings (SSSR count). The zero-order valence-electron chi connectivity index (χ0n) is 22.6. The fraction of sp³-hybridized carbons (Fsp3) is 0.355. The number of Topliss-reactive ketones (excluding diaryl/α,β-unsaturated/α-hetero) is 1. The van der Waals surface area contributed by atoms with Gasteiger partial charge in [0.25, 0.3) is 5.91 Å². The van der Waals surface area contributed by atoms with Crippen LogP contribution in [0.4, 0.5) is 11.6 Å². The molecule has 40 heavy (non-hydrogen) atoms. The smallest absolute Gasteiger partial charge is 0.254 e. The Hall–Kier alpha value is -4.24. The van der Waals surface area contributed by atoms with Crippen LogP contribution >= 0.6 is 0 Å². The number of hydrogen-bond acceptors (Lipinski definition) is 7. The van der Waals surface area contributed by atoms with Crippen molar-refractivity contribution in [2.75, 3.05) is 38.2 Å². The lowest BCUT2D eigenvalue weighted by Gasteiger charge is -2.27. The zero-order chi connectivity index (χ0) is 27.5. The number of fused-ring (bicyclic) bond motifs is 1. The molecule has 2 aromatic heterocycles. The normalized spacial score (nSPS) is 15.3. The van der Waals surface area contributed by atoms with Gasteiger partial charge < -0.3 is 19.7 Å². The Morgan fingerprint density at radius 1 is 1.02 bits per heavy atom. The van der Waals surface area contributed by atoms with Gasteiger partial charge in [-0.3, -0.25) is 9.59 Å². The molecule has 9 heteroatoms. The lowest BCUT2D eigenvalue weighted by atomic mass is 10.0. The van der Waals surface area contributed by atoms with Crippen LogP contribution in [0.2, 0.25) is 0 Å². The lowest BCUT2D eigenvalue weighted by Crippen LogP contribution is -2.40. The topological polar surface area (TPSA) is 98.1 Å². The second kappa shape index (κ2) is 11.5. The molecule has 0 radical (unpaired) electrons. The first kappa shape index (κ1) is 26.0. The number of nitrogens with one attached hydrogen (secondary N) is 1. The Labute approximate surface area is 233 Å². The first-order valence-corrected chi connectivity index (χ1v) is 13.9. The Morgan fingerprint density at radius 3 is 2.55 bits per heavy atom. The van der Waals surface area contributed by atoms with Crippen LogP contribution in [0, 0.1) is 5.92 Å². The highest BCUT2D eigenvalue weighted by Gasteiger charge is 2.24. The molecule has 1 aliphatic carbocycles. The number of carbonyl (C=O) groups is 2. The van der Waals surface area contributed by atoms with Crippen molar-refractivity contribution in [2.24, 2.45) is 5.92 Å². The highest BCUT2D eigenvalue weighted by atomic mass is 16.5. The number of anilines is 2. The predicted octanol–water partition coefficient (Wildman–Crippen LogP) is 4.92. The molecule has 9 nitrogen and oxygen atoms in total. The molecule has 0 atom stereocenters. The third-order valence-electron chi connectivity index (χ3n) is 7.31. The minimum absolute atomic E-state index is 0.0351. The number of rotatable bonds is 10. The highest BCUT2D eigenvalue weighted by Crippen LogP contribution is 2.33. The van der Waals surface area contributed by atoms with E-state index in [-0.39, 0.29) is 5.91 Å². The van der Waals surface area contributed by atoms with E-state index < -0.39 is 0 Å². The van der Waals surface area contributed by atoms with Crippen molar-refractivity contribution in [1.82, 2.24) is 19.5 Å². The molecule has 0 spiro atoms. The largest absolute Gasteiger partial charge is 0.492 e. The summed E-state index contributed by atoms with van der Waals surface area (Å²) in [6.45, 7) is 4.64. The highest BCUT2D eigenvalue weighted by molar-refractivity contribution is 5.95. The number of nitrogens with zero attached hydrogens (tertiary/aromatic N) is 4. The number of ketones is 1. The minimum Gasteiger partial charge on any atom is -0.492 e. The molecule has 4 aromatic rings. The Morgan fingerprint density at radius 2 is 1.80 bits per heavy atom. The van der Waals surface area contributed by atoms with Crippen molar-refractivity contribution < 1.29 is 19.1 Å². The van der Waals surface area contributed by atoms with Gasteiger partial charge in [-0.2, -0.15) is 4.98 Å². The summed E-state index contributed by atoms with van der Waals surface area (Å²) < 4.78 is 13.0. The average molecular weight is 540 g/mol. The van der Waals surface area contributed by atoms with Gasteiger partial charge in [-0.1, -0.05) is 24.3 Å². The number of ether oxygens (including phenoxy) is 2. The van der Waals surface area contributed by atoms with Crippen LogP contribution < -0.4 is 10.1 Å². The standard InChI is InChI=1S/C31H33N5O4/c1-2-40-28-19-24(30(38)35-13-15-39-16-14-35)9-11-27(28)32-31-33-29-12-10-25(20-36(29)34-31)23-7-5-22(6-8-23)18-26(37)17-21-3-4-21/h5-12,19-21H,2-4,13-18H2,1H3,(H,32,34). The zero-order valence-corrected chi connectivity index (χ0v) is 22.6. The molecule has 1 saturated heterocycles. The van der Waals surface area contributed by atoms with E-state index in [1.54, 1.807) is 21.5 Å². The number of carbonyl (C=O) groups excluding carboxylic acids is 2. The number of amides is 1. The first-order valence-electron chi connectivity index (χ1n) is 13.9. The van der Waals surface area contributed by atoms with Gasteiger partial charge in [0.1, 0.15) is 11.5 Å². The fourth-order valence-corrected chi connectivity index (χ4v) is 4.97. The molecule has 1 aliphatic heterocycles. The summed E-state index contributed by atoms with van der Waals surface area (Å²) in [6.07, 6.45) is 5.55. The number of aromatic nitrogens is 3. The van der Waals surface area contributed by atoms with E-state index >= 15 is 0 Å². The van der Waals surface area contributed by atoms with Crippen LogP contribution in [-0.2, 0) is 16.0 Å². The maximum Gasteiger partial charge on any atom is 0.254 e. The van der Waals surface area contributed by atoms with Gasteiger partial charge in [0.15, 0.2) is 5.65 Å².